The Kier molecular flexibility index (Phi) is 7.62. The van der Waals surface area contributed by atoms with Gasteiger partial charge in [-0.1, -0.05) is 6.07 Å². The molecule has 1 unspecified atom stereocenters. The first kappa shape index (κ1) is 21.0. The van der Waals surface area contributed by atoms with E-state index in [1.165, 1.54) is 4.90 Å². The smallest absolute Gasteiger partial charge is 0.317 e. The molecule has 0 saturated heterocycles. The Morgan fingerprint density at radius 2 is 1.93 bits per heavy atom. The molecule has 1 aromatic heterocycles. The Labute approximate surface area is 164 Å². The summed E-state index contributed by atoms with van der Waals surface area (Å²) in [6.07, 6.45) is 3.31. The predicted molar refractivity (Wildman–Crippen MR) is 103 cm³/mol. The molecule has 0 aliphatic carbocycles. The zero-order valence-corrected chi connectivity index (χ0v) is 16.2. The van der Waals surface area contributed by atoms with Gasteiger partial charge in [0.05, 0.1) is 19.6 Å². The van der Waals surface area contributed by atoms with Crippen molar-refractivity contribution >= 4 is 12.0 Å². The maximum absolute atomic E-state index is 12.2. The third-order valence-corrected chi connectivity index (χ3v) is 4.18. The van der Waals surface area contributed by atoms with Gasteiger partial charge in [0, 0.05) is 26.0 Å². The number of carbonyl (C=O) groups is 2. The Balaban J connectivity index is 1.99. The van der Waals surface area contributed by atoms with Crippen molar-refractivity contribution in [2.45, 2.75) is 26.0 Å². The van der Waals surface area contributed by atoms with Crippen molar-refractivity contribution in [3.63, 3.8) is 0 Å². The van der Waals surface area contributed by atoms with Gasteiger partial charge in [-0.25, -0.2) is 4.79 Å². The molecule has 8 nitrogen and oxygen atoms in total. The molecular formula is C20H25N3O5. The summed E-state index contributed by atoms with van der Waals surface area (Å²) in [4.78, 5) is 28.1. The first-order chi connectivity index (χ1) is 13.4. The summed E-state index contributed by atoms with van der Waals surface area (Å²) in [7, 11) is 3.11. The molecule has 0 bridgehead atoms. The van der Waals surface area contributed by atoms with Crippen LogP contribution in [-0.4, -0.2) is 47.7 Å². The number of pyridine rings is 1. The molecule has 0 spiro atoms. The van der Waals surface area contributed by atoms with Gasteiger partial charge in [0.25, 0.3) is 0 Å². The number of urea groups is 1. The van der Waals surface area contributed by atoms with Crippen molar-refractivity contribution in [2.24, 2.45) is 0 Å². The molecule has 1 aromatic carbocycles. The molecule has 0 aliphatic heterocycles. The summed E-state index contributed by atoms with van der Waals surface area (Å²) < 4.78 is 11.2. The highest BCUT2D eigenvalue weighted by Crippen LogP contribution is 2.31. The number of aromatic nitrogens is 1. The van der Waals surface area contributed by atoms with Crippen molar-refractivity contribution < 1.29 is 24.2 Å². The molecule has 0 saturated carbocycles. The Hall–Kier alpha value is -3.29. The van der Waals surface area contributed by atoms with E-state index in [-0.39, 0.29) is 25.0 Å². The number of methoxy groups -OCH3 is 1. The molecule has 2 rings (SSSR count). The monoisotopic (exact) mass is 387 g/mol. The topological polar surface area (TPSA) is 101 Å². The highest BCUT2D eigenvalue weighted by Gasteiger charge is 2.16. The summed E-state index contributed by atoms with van der Waals surface area (Å²) in [5.41, 5.74) is 1.83. The van der Waals surface area contributed by atoms with Crippen molar-refractivity contribution in [1.82, 2.24) is 15.2 Å². The maximum atomic E-state index is 12.2. The SMILES string of the molecule is COc1cc(C(C)NC(=O)N(C)CCC(=O)O)ccc1OCc1ccncc1. The second-order valence-electron chi connectivity index (χ2n) is 6.29. The minimum absolute atomic E-state index is 0.102. The number of nitrogens with zero attached hydrogens (tertiary/aromatic N) is 2. The fourth-order valence-electron chi connectivity index (χ4n) is 2.46. The second kappa shape index (κ2) is 10.1. The third-order valence-electron chi connectivity index (χ3n) is 4.18. The van der Waals surface area contributed by atoms with Gasteiger partial charge in [0.2, 0.25) is 0 Å². The van der Waals surface area contributed by atoms with Gasteiger partial charge in [0.1, 0.15) is 6.61 Å². The quantitative estimate of drug-likeness (QED) is 0.686. The number of hydrogen-bond acceptors (Lipinski definition) is 5. The van der Waals surface area contributed by atoms with Crippen molar-refractivity contribution in [2.75, 3.05) is 20.7 Å². The van der Waals surface area contributed by atoms with E-state index in [9.17, 15) is 9.59 Å². The Morgan fingerprint density at radius 1 is 1.21 bits per heavy atom. The highest BCUT2D eigenvalue weighted by atomic mass is 16.5. The van der Waals surface area contributed by atoms with Gasteiger partial charge in [0.15, 0.2) is 11.5 Å². The lowest BCUT2D eigenvalue weighted by molar-refractivity contribution is -0.137. The minimum Gasteiger partial charge on any atom is -0.493 e. The number of nitrogens with one attached hydrogen (secondary N) is 1. The molecule has 150 valence electrons. The number of carbonyl (C=O) groups excluding carboxylic acids is 1. The number of rotatable bonds is 9. The normalized spacial score (nSPS) is 11.4. The molecule has 1 heterocycles. The molecule has 2 N–H and O–H groups in total. The van der Waals surface area contributed by atoms with Crippen LogP contribution >= 0.6 is 0 Å². The zero-order chi connectivity index (χ0) is 20.5. The number of carboxylic acids is 1. The third kappa shape index (κ3) is 6.15. The molecule has 8 heteroatoms. The van der Waals surface area contributed by atoms with E-state index in [1.807, 2.05) is 31.2 Å². The minimum atomic E-state index is -0.945. The van der Waals surface area contributed by atoms with E-state index in [1.54, 1.807) is 32.6 Å². The Morgan fingerprint density at radius 3 is 2.57 bits per heavy atom. The second-order valence-corrected chi connectivity index (χ2v) is 6.29. The lowest BCUT2D eigenvalue weighted by Crippen LogP contribution is -2.39. The van der Waals surface area contributed by atoms with Gasteiger partial charge >= 0.3 is 12.0 Å². The van der Waals surface area contributed by atoms with E-state index >= 15 is 0 Å². The molecule has 2 amide bonds. The summed E-state index contributed by atoms with van der Waals surface area (Å²) in [5.74, 6) is 0.215. The van der Waals surface area contributed by atoms with Gasteiger partial charge < -0.3 is 24.8 Å². The van der Waals surface area contributed by atoms with E-state index in [0.29, 0.717) is 18.1 Å². The van der Waals surface area contributed by atoms with E-state index in [0.717, 1.165) is 11.1 Å². The fraction of sp³-hybridized carbons (Fsp3) is 0.350. The van der Waals surface area contributed by atoms with Gasteiger partial charge in [-0.15, -0.1) is 0 Å². The average Bonchev–Trinajstić information content (AvgIpc) is 2.70. The zero-order valence-electron chi connectivity index (χ0n) is 16.2. The van der Waals surface area contributed by atoms with Crippen LogP contribution in [0.1, 0.15) is 30.5 Å². The lowest BCUT2D eigenvalue weighted by Gasteiger charge is -2.22. The number of hydrogen-bond donors (Lipinski definition) is 2. The summed E-state index contributed by atoms with van der Waals surface area (Å²) >= 11 is 0. The van der Waals surface area contributed by atoms with Crippen molar-refractivity contribution in [3.05, 3.63) is 53.9 Å². The number of carboxylic acid groups (broad SMARTS) is 1. The van der Waals surface area contributed by atoms with E-state index in [2.05, 4.69) is 10.3 Å². The van der Waals surface area contributed by atoms with Crippen LogP contribution in [-0.2, 0) is 11.4 Å². The molecule has 0 aliphatic rings. The number of aliphatic carboxylic acids is 1. The van der Waals surface area contributed by atoms with E-state index in [4.69, 9.17) is 14.6 Å². The van der Waals surface area contributed by atoms with Crippen molar-refractivity contribution in [3.8, 4) is 11.5 Å². The molecule has 0 radical (unpaired) electrons. The molecule has 0 fully saturated rings. The van der Waals surface area contributed by atoms with Crippen molar-refractivity contribution in [1.29, 1.82) is 0 Å². The summed E-state index contributed by atoms with van der Waals surface area (Å²) in [6, 6.07) is 8.58. The first-order valence-electron chi connectivity index (χ1n) is 8.83. The van der Waals surface area contributed by atoms with Crippen LogP contribution in [0.15, 0.2) is 42.7 Å². The van der Waals surface area contributed by atoms with Crippen LogP contribution in [0.4, 0.5) is 4.79 Å². The van der Waals surface area contributed by atoms with Crippen LogP contribution in [0, 0.1) is 0 Å². The standard InChI is InChI=1S/C20H25N3O5/c1-14(22-20(26)23(2)11-8-19(24)25)16-4-5-17(18(12-16)27-3)28-13-15-6-9-21-10-7-15/h4-7,9-10,12,14H,8,11,13H2,1-3H3,(H,22,26)(H,24,25). The van der Waals surface area contributed by atoms with Crippen LogP contribution < -0.4 is 14.8 Å². The summed E-state index contributed by atoms with van der Waals surface area (Å²) in [6.45, 7) is 2.37. The largest absolute Gasteiger partial charge is 0.493 e. The molecule has 2 aromatic rings. The predicted octanol–water partition coefficient (Wildman–Crippen LogP) is 2.85. The number of ether oxygens (including phenoxy) is 2. The molecule has 28 heavy (non-hydrogen) atoms. The van der Waals surface area contributed by atoms with Gasteiger partial charge in [-0.2, -0.15) is 0 Å². The fourth-order valence-corrected chi connectivity index (χ4v) is 2.46. The van der Waals surface area contributed by atoms with Gasteiger partial charge in [-0.05, 0) is 42.3 Å². The number of benzene rings is 1. The Bertz CT molecular complexity index is 798. The maximum Gasteiger partial charge on any atom is 0.317 e. The average molecular weight is 387 g/mol. The van der Waals surface area contributed by atoms with Crippen LogP contribution in [0.25, 0.3) is 0 Å². The number of amides is 2. The van der Waals surface area contributed by atoms with Gasteiger partial charge in [-0.3, -0.25) is 9.78 Å². The van der Waals surface area contributed by atoms with Crippen LogP contribution in [0.3, 0.4) is 0 Å². The van der Waals surface area contributed by atoms with Crippen LogP contribution in [0.2, 0.25) is 0 Å². The lowest BCUT2D eigenvalue weighted by atomic mass is 10.1. The first-order valence-corrected chi connectivity index (χ1v) is 8.83. The van der Waals surface area contributed by atoms with E-state index < -0.39 is 5.97 Å². The molecular weight excluding hydrogens is 362 g/mol. The summed E-state index contributed by atoms with van der Waals surface area (Å²) in [5, 5.41) is 11.6. The van der Waals surface area contributed by atoms with Crippen LogP contribution in [0.5, 0.6) is 11.5 Å². The highest BCUT2D eigenvalue weighted by molar-refractivity contribution is 5.75. The molecule has 1 atom stereocenters.